The molecule has 3 rings (SSSR count). The molecule has 2 fully saturated rings. The molecule has 0 amide bonds. The first-order chi connectivity index (χ1) is 12.9. The Balaban J connectivity index is 1.53. The summed E-state index contributed by atoms with van der Waals surface area (Å²) >= 11 is 2.17. The fourth-order valence-corrected chi connectivity index (χ4v) is 6.28. The van der Waals surface area contributed by atoms with E-state index in [4.69, 9.17) is 0 Å². The lowest BCUT2D eigenvalue weighted by Crippen LogP contribution is -2.53. The van der Waals surface area contributed by atoms with Crippen molar-refractivity contribution in [1.82, 2.24) is 10.2 Å². The van der Waals surface area contributed by atoms with Crippen LogP contribution in [0.1, 0.15) is 37.7 Å². The lowest BCUT2D eigenvalue weighted by molar-refractivity contribution is 0.293. The molecule has 7 heteroatoms. The van der Waals surface area contributed by atoms with E-state index in [9.17, 15) is 8.42 Å². The second-order valence-electron chi connectivity index (χ2n) is 7.65. The summed E-state index contributed by atoms with van der Waals surface area (Å²) in [5.41, 5.74) is 1.13. The van der Waals surface area contributed by atoms with Crippen LogP contribution in [0.4, 0.5) is 0 Å². The van der Waals surface area contributed by atoms with Crippen LogP contribution in [0, 0.1) is 0 Å². The third kappa shape index (κ3) is 5.41. The van der Waals surface area contributed by atoms with Gasteiger partial charge in [-0.15, -0.1) is 0 Å². The number of aliphatic imine (C=N–C) groups is 1. The first-order valence-corrected chi connectivity index (χ1v) is 12.7. The number of thioether (sulfide) groups is 1. The fraction of sp³-hybridized carbons (Fsp3) is 0.650. The Hall–Kier alpha value is -1.21. The van der Waals surface area contributed by atoms with Crippen molar-refractivity contribution in [3.8, 4) is 0 Å². The number of hydrogen-bond acceptors (Lipinski definition) is 4. The summed E-state index contributed by atoms with van der Waals surface area (Å²) in [5.74, 6) is 2.17. The van der Waals surface area contributed by atoms with Gasteiger partial charge in [0.15, 0.2) is 15.8 Å². The van der Waals surface area contributed by atoms with Gasteiger partial charge in [-0.25, -0.2) is 8.42 Å². The highest BCUT2D eigenvalue weighted by Crippen LogP contribution is 2.42. The molecule has 0 unspecified atom stereocenters. The van der Waals surface area contributed by atoms with E-state index in [0.717, 1.165) is 37.6 Å². The number of sulfone groups is 1. The molecule has 1 heterocycles. The molecule has 1 N–H and O–H groups in total. The maximum absolute atomic E-state index is 11.6. The average molecular weight is 410 g/mol. The van der Waals surface area contributed by atoms with Crippen LogP contribution in [0.25, 0.3) is 0 Å². The van der Waals surface area contributed by atoms with Gasteiger partial charge >= 0.3 is 0 Å². The normalized spacial score (nSPS) is 20.7. The van der Waals surface area contributed by atoms with Gasteiger partial charge in [-0.2, -0.15) is 11.8 Å². The van der Waals surface area contributed by atoms with Crippen LogP contribution in [0.15, 0.2) is 34.2 Å². The Bertz CT molecular complexity index is 748. The quantitative estimate of drug-likeness (QED) is 0.612. The largest absolute Gasteiger partial charge is 0.356 e. The van der Waals surface area contributed by atoms with Gasteiger partial charge in [0, 0.05) is 43.4 Å². The molecular weight excluding hydrogens is 378 g/mol. The molecule has 2 aliphatic rings. The highest BCUT2D eigenvalue weighted by Gasteiger charge is 2.38. The van der Waals surface area contributed by atoms with Crippen molar-refractivity contribution >= 4 is 27.6 Å². The minimum absolute atomic E-state index is 0.374. The summed E-state index contributed by atoms with van der Waals surface area (Å²) < 4.78 is 23.5. The van der Waals surface area contributed by atoms with Crippen molar-refractivity contribution in [1.29, 1.82) is 0 Å². The molecule has 1 aliphatic carbocycles. The van der Waals surface area contributed by atoms with Crippen molar-refractivity contribution < 1.29 is 8.42 Å². The van der Waals surface area contributed by atoms with E-state index in [2.05, 4.69) is 27.0 Å². The SMILES string of the molecule is CN=C(NCCc1ccc(S(C)(=O)=O)cc1)N1CCSC2(CCCCC2)C1. The molecule has 1 aromatic rings. The highest BCUT2D eigenvalue weighted by atomic mass is 32.2. The second-order valence-corrected chi connectivity index (χ2v) is 11.2. The average Bonchev–Trinajstić information content (AvgIpc) is 2.65. The Morgan fingerprint density at radius 3 is 2.56 bits per heavy atom. The van der Waals surface area contributed by atoms with Crippen molar-refractivity contribution in [2.24, 2.45) is 4.99 Å². The molecule has 27 heavy (non-hydrogen) atoms. The summed E-state index contributed by atoms with van der Waals surface area (Å²) in [6.07, 6.45) is 8.84. The monoisotopic (exact) mass is 409 g/mol. The van der Waals surface area contributed by atoms with Crippen molar-refractivity contribution in [3.63, 3.8) is 0 Å². The molecule has 0 atom stereocenters. The minimum Gasteiger partial charge on any atom is -0.356 e. The summed E-state index contributed by atoms with van der Waals surface area (Å²) in [6, 6.07) is 7.17. The third-order valence-electron chi connectivity index (χ3n) is 5.57. The van der Waals surface area contributed by atoms with Crippen molar-refractivity contribution in [2.75, 3.05) is 38.7 Å². The summed E-state index contributed by atoms with van der Waals surface area (Å²) in [6.45, 7) is 2.94. The molecular formula is C20H31N3O2S2. The van der Waals surface area contributed by atoms with Crippen LogP contribution in [-0.4, -0.2) is 62.7 Å². The Morgan fingerprint density at radius 2 is 1.93 bits per heavy atom. The fourth-order valence-electron chi connectivity index (χ4n) is 4.08. The Kier molecular flexibility index (Phi) is 6.74. The number of guanidine groups is 1. The summed E-state index contributed by atoms with van der Waals surface area (Å²) in [5, 5.41) is 3.50. The van der Waals surface area contributed by atoms with E-state index in [1.54, 1.807) is 12.1 Å². The molecule has 5 nitrogen and oxygen atoms in total. The van der Waals surface area contributed by atoms with Gasteiger partial charge in [-0.3, -0.25) is 4.99 Å². The van der Waals surface area contributed by atoms with E-state index in [0.29, 0.717) is 9.64 Å². The zero-order valence-electron chi connectivity index (χ0n) is 16.4. The Morgan fingerprint density at radius 1 is 1.22 bits per heavy atom. The van der Waals surface area contributed by atoms with Crippen LogP contribution in [0.2, 0.25) is 0 Å². The highest BCUT2D eigenvalue weighted by molar-refractivity contribution is 8.00. The number of hydrogen-bond donors (Lipinski definition) is 1. The van der Waals surface area contributed by atoms with Crippen molar-refractivity contribution in [3.05, 3.63) is 29.8 Å². The molecule has 1 saturated carbocycles. The number of benzene rings is 1. The van der Waals surface area contributed by atoms with Crippen molar-refractivity contribution in [2.45, 2.75) is 48.2 Å². The van der Waals surface area contributed by atoms with Gasteiger partial charge in [0.25, 0.3) is 0 Å². The van der Waals surface area contributed by atoms with E-state index in [-0.39, 0.29) is 0 Å². The molecule has 150 valence electrons. The van der Waals surface area contributed by atoms with Crippen LogP contribution in [-0.2, 0) is 16.3 Å². The number of rotatable bonds is 4. The second kappa shape index (κ2) is 8.86. The minimum atomic E-state index is -3.13. The molecule has 1 saturated heterocycles. The Labute approximate surface area is 167 Å². The summed E-state index contributed by atoms with van der Waals surface area (Å²) in [7, 11) is -1.27. The first kappa shape index (κ1) is 20.5. The van der Waals surface area contributed by atoms with Gasteiger partial charge in [0.1, 0.15) is 0 Å². The smallest absolute Gasteiger partial charge is 0.193 e. The molecule has 1 aliphatic heterocycles. The van der Waals surface area contributed by atoms with Gasteiger partial charge in [-0.05, 0) is 37.0 Å². The van der Waals surface area contributed by atoms with E-state index in [1.807, 2.05) is 19.2 Å². The van der Waals surface area contributed by atoms with Gasteiger partial charge in [0.2, 0.25) is 0 Å². The predicted octanol–water partition coefficient (Wildman–Crippen LogP) is 2.96. The molecule has 1 aromatic carbocycles. The zero-order chi connectivity index (χ0) is 19.3. The summed E-state index contributed by atoms with van der Waals surface area (Å²) in [4.78, 5) is 7.31. The van der Waals surface area contributed by atoms with Crippen LogP contribution >= 0.6 is 11.8 Å². The molecule has 0 bridgehead atoms. The standard InChI is InChI=1S/C20H31N3O2S2/c1-21-19(23-14-15-26-20(16-23)11-4-3-5-12-20)22-13-10-17-6-8-18(9-7-17)27(2,24)25/h6-9H,3-5,10-16H2,1-2H3,(H,21,22). The van der Waals surface area contributed by atoms with Gasteiger partial charge in [-0.1, -0.05) is 31.4 Å². The first-order valence-electron chi connectivity index (χ1n) is 9.80. The number of nitrogens with zero attached hydrogens (tertiary/aromatic N) is 2. The predicted molar refractivity (Wildman–Crippen MR) is 114 cm³/mol. The number of nitrogens with one attached hydrogen (secondary N) is 1. The molecule has 1 spiro atoms. The van der Waals surface area contributed by atoms with Gasteiger partial charge in [0.05, 0.1) is 4.90 Å². The topological polar surface area (TPSA) is 61.8 Å². The van der Waals surface area contributed by atoms with Crippen LogP contribution < -0.4 is 5.32 Å². The molecule has 0 aromatic heterocycles. The van der Waals surface area contributed by atoms with E-state index >= 15 is 0 Å². The van der Waals surface area contributed by atoms with Gasteiger partial charge < -0.3 is 10.2 Å². The lowest BCUT2D eigenvalue weighted by atomic mass is 9.87. The molecule has 0 radical (unpaired) electrons. The van der Waals surface area contributed by atoms with Crippen LogP contribution in [0.3, 0.4) is 0 Å². The maximum Gasteiger partial charge on any atom is 0.193 e. The zero-order valence-corrected chi connectivity index (χ0v) is 18.0. The maximum atomic E-state index is 11.6. The van der Waals surface area contributed by atoms with Crippen LogP contribution in [0.5, 0.6) is 0 Å². The lowest BCUT2D eigenvalue weighted by Gasteiger charge is -2.45. The van der Waals surface area contributed by atoms with E-state index < -0.39 is 9.84 Å². The third-order valence-corrected chi connectivity index (χ3v) is 8.24. The van der Waals surface area contributed by atoms with E-state index in [1.165, 1.54) is 44.1 Å².